The van der Waals surface area contributed by atoms with Crippen molar-refractivity contribution in [2.75, 3.05) is 57.9 Å². The average Bonchev–Trinajstić information content (AvgIpc) is 3.41. The quantitative estimate of drug-likeness (QED) is 0.0625. The van der Waals surface area contributed by atoms with Crippen molar-refractivity contribution >= 4 is 58.5 Å². The number of unbranched alkanes of at least 4 members (excludes halogenated alkanes) is 3. The third-order valence-corrected chi connectivity index (χ3v) is 7.53. The van der Waals surface area contributed by atoms with E-state index in [-0.39, 0.29) is 48.8 Å². The molecule has 292 valence electrons. The molecule has 1 heterocycles. The summed E-state index contributed by atoms with van der Waals surface area (Å²) in [6.07, 6.45) is 3.48. The zero-order valence-electron chi connectivity index (χ0n) is 31.3. The fourth-order valence-electron chi connectivity index (χ4n) is 4.22. The van der Waals surface area contributed by atoms with E-state index in [1.807, 2.05) is 58.9 Å². The number of benzene rings is 1. The van der Waals surface area contributed by atoms with Crippen LogP contribution >= 0.6 is 12.2 Å². The topological polar surface area (TPSA) is 193 Å². The molecular weight excluding hydrogens is 692 g/mol. The van der Waals surface area contributed by atoms with Crippen LogP contribution in [0.15, 0.2) is 24.3 Å². The maximum atomic E-state index is 11.7. The smallest absolute Gasteiger partial charge is 0.333 e. The van der Waals surface area contributed by atoms with Gasteiger partial charge in [0.2, 0.25) is 17.7 Å². The summed E-state index contributed by atoms with van der Waals surface area (Å²) in [6.45, 7) is 13.2. The van der Waals surface area contributed by atoms with Crippen molar-refractivity contribution in [3.8, 4) is 0 Å². The molecule has 5 N–H and O–H groups in total. The fourth-order valence-corrected chi connectivity index (χ4v) is 4.44. The van der Waals surface area contributed by atoms with Crippen molar-refractivity contribution in [2.45, 2.75) is 86.0 Å². The molecule has 1 aromatic rings. The van der Waals surface area contributed by atoms with Crippen LogP contribution in [-0.2, 0) is 43.1 Å². The maximum Gasteiger partial charge on any atom is 0.333 e. The minimum atomic E-state index is -0.597. The van der Waals surface area contributed by atoms with E-state index >= 15 is 0 Å². The van der Waals surface area contributed by atoms with Gasteiger partial charge in [0, 0.05) is 69.4 Å². The second-order valence-corrected chi connectivity index (χ2v) is 13.1. The lowest BCUT2D eigenvalue weighted by atomic mass is 10.1. The van der Waals surface area contributed by atoms with Crippen molar-refractivity contribution in [1.82, 2.24) is 26.3 Å². The van der Waals surface area contributed by atoms with Gasteiger partial charge in [-0.3, -0.25) is 24.0 Å². The van der Waals surface area contributed by atoms with E-state index in [2.05, 4.69) is 26.6 Å². The first-order chi connectivity index (χ1) is 24.8. The van der Waals surface area contributed by atoms with Gasteiger partial charge in [-0.15, -0.1) is 5.06 Å². The second-order valence-electron chi connectivity index (χ2n) is 12.7. The third kappa shape index (κ3) is 22.6. The SMILES string of the molecule is CC(C)C(=O)NCCOCCNC(=O)CCCCCCC(=O)ON1C(=O)CCC1=O.Cc1ccc(NC(=S)NCCOCCNC(=O)C(C)C)cc1. The number of hydrogen-bond donors (Lipinski definition) is 5. The Morgan fingerprint density at radius 3 is 1.65 bits per heavy atom. The first-order valence-corrected chi connectivity index (χ1v) is 18.4. The maximum absolute atomic E-state index is 11.7. The standard InChI is InChI=1S/C20H33N3O7.C16H25N3O2S/c1-15(2)20(28)22-12-14-29-13-11-21-16(24)7-5-3-4-6-8-19(27)30-23-17(25)9-10-18(23)26;1-12(2)15(20)17-8-10-21-11-9-18-16(22)19-14-6-4-13(3)5-7-14/h15H,3-14H2,1-2H3,(H,21,24)(H,22,28);4-7,12H,8-11H2,1-3H3,(H,17,20)(H2,18,19,22). The first-order valence-electron chi connectivity index (χ1n) is 18.0. The lowest BCUT2D eigenvalue weighted by Crippen LogP contribution is -2.33. The molecule has 15 nitrogen and oxygen atoms in total. The molecule has 1 aromatic carbocycles. The van der Waals surface area contributed by atoms with Crippen molar-refractivity contribution in [3.63, 3.8) is 0 Å². The zero-order chi connectivity index (χ0) is 38.7. The van der Waals surface area contributed by atoms with Gasteiger partial charge in [-0.05, 0) is 44.1 Å². The number of rotatable bonds is 23. The number of aryl methyl sites for hydroxylation is 1. The van der Waals surface area contributed by atoms with Gasteiger partial charge in [0.15, 0.2) is 5.11 Å². The molecule has 1 aliphatic heterocycles. The number of hydroxylamine groups is 2. The molecule has 0 spiro atoms. The fraction of sp³-hybridized carbons (Fsp3) is 0.639. The number of nitrogens with one attached hydrogen (secondary N) is 5. The van der Waals surface area contributed by atoms with Crippen LogP contribution in [0, 0.1) is 18.8 Å². The molecule has 52 heavy (non-hydrogen) atoms. The Labute approximate surface area is 313 Å². The van der Waals surface area contributed by atoms with E-state index in [9.17, 15) is 28.8 Å². The lowest BCUT2D eigenvalue weighted by molar-refractivity contribution is -0.197. The normalized spacial score (nSPS) is 12.2. The van der Waals surface area contributed by atoms with Gasteiger partial charge in [0.05, 0.1) is 26.4 Å². The van der Waals surface area contributed by atoms with Gasteiger partial charge >= 0.3 is 5.97 Å². The van der Waals surface area contributed by atoms with Crippen LogP contribution in [0.5, 0.6) is 0 Å². The molecule has 1 fully saturated rings. The van der Waals surface area contributed by atoms with Crippen LogP contribution in [0.25, 0.3) is 0 Å². The number of amides is 5. The zero-order valence-corrected chi connectivity index (χ0v) is 32.1. The predicted octanol–water partition coefficient (Wildman–Crippen LogP) is 2.91. The van der Waals surface area contributed by atoms with E-state index in [1.54, 1.807) is 0 Å². The molecule has 0 radical (unpaired) electrons. The van der Waals surface area contributed by atoms with Gasteiger partial charge in [0.25, 0.3) is 11.8 Å². The minimum Gasteiger partial charge on any atom is -0.378 e. The van der Waals surface area contributed by atoms with Crippen LogP contribution in [-0.4, -0.2) is 98.3 Å². The molecule has 2 rings (SSSR count). The van der Waals surface area contributed by atoms with Gasteiger partial charge in [-0.2, -0.15) is 0 Å². The molecule has 0 aromatic heterocycles. The number of thiocarbonyl (C=S) groups is 1. The summed E-state index contributed by atoms with van der Waals surface area (Å²) < 4.78 is 10.8. The summed E-state index contributed by atoms with van der Waals surface area (Å²) in [4.78, 5) is 73.5. The monoisotopic (exact) mass is 750 g/mol. The van der Waals surface area contributed by atoms with Crippen LogP contribution < -0.4 is 26.6 Å². The summed E-state index contributed by atoms with van der Waals surface area (Å²) in [5, 5.41) is 15.6. The second kappa shape index (κ2) is 27.5. The highest BCUT2D eigenvalue weighted by atomic mass is 32.1. The largest absolute Gasteiger partial charge is 0.378 e. The van der Waals surface area contributed by atoms with Crippen molar-refractivity contribution in [2.24, 2.45) is 11.8 Å². The average molecular weight is 751 g/mol. The number of imide groups is 1. The number of carbonyl (C=O) groups is 6. The van der Waals surface area contributed by atoms with Crippen LogP contribution in [0.3, 0.4) is 0 Å². The summed E-state index contributed by atoms with van der Waals surface area (Å²) in [6, 6.07) is 8.02. The van der Waals surface area contributed by atoms with Gasteiger partial charge in [-0.1, -0.05) is 58.2 Å². The van der Waals surface area contributed by atoms with Crippen LogP contribution in [0.4, 0.5) is 5.69 Å². The van der Waals surface area contributed by atoms with E-state index in [0.717, 1.165) is 18.5 Å². The Bertz CT molecular complexity index is 1260. The number of hydrogen-bond acceptors (Lipinski definition) is 10. The molecule has 5 amide bonds. The molecule has 1 saturated heterocycles. The molecule has 0 saturated carbocycles. The minimum absolute atomic E-state index is 0.00638. The van der Waals surface area contributed by atoms with Crippen molar-refractivity contribution in [1.29, 1.82) is 0 Å². The molecule has 0 bridgehead atoms. The molecular formula is C36H58N6O9S. The Morgan fingerprint density at radius 2 is 1.15 bits per heavy atom. The van der Waals surface area contributed by atoms with Gasteiger partial charge in [0.1, 0.15) is 0 Å². The van der Waals surface area contributed by atoms with E-state index in [0.29, 0.717) is 82.0 Å². The van der Waals surface area contributed by atoms with Crippen LogP contribution in [0.1, 0.15) is 84.6 Å². The number of carbonyl (C=O) groups excluding carboxylic acids is 6. The van der Waals surface area contributed by atoms with Crippen molar-refractivity contribution in [3.05, 3.63) is 29.8 Å². The Kier molecular flexibility index (Phi) is 24.3. The molecule has 0 atom stereocenters. The van der Waals surface area contributed by atoms with Gasteiger partial charge < -0.3 is 40.9 Å². The molecule has 16 heteroatoms. The summed E-state index contributed by atoms with van der Waals surface area (Å²) in [5.41, 5.74) is 2.17. The molecule has 1 aliphatic rings. The highest BCUT2D eigenvalue weighted by Crippen LogP contribution is 2.14. The van der Waals surface area contributed by atoms with E-state index in [4.69, 9.17) is 26.5 Å². The summed E-state index contributed by atoms with van der Waals surface area (Å²) >= 11 is 5.20. The molecule has 0 unspecified atom stereocenters. The highest BCUT2D eigenvalue weighted by Gasteiger charge is 2.32. The van der Waals surface area contributed by atoms with E-state index in [1.165, 1.54) is 5.56 Å². The number of nitrogens with zero attached hydrogens (tertiary/aromatic N) is 1. The Hall–Kier alpha value is -4.15. The first kappa shape index (κ1) is 45.9. The Balaban J connectivity index is 0.000000545. The molecule has 0 aliphatic carbocycles. The third-order valence-electron chi connectivity index (χ3n) is 7.28. The lowest BCUT2D eigenvalue weighted by Gasteiger charge is -2.12. The Morgan fingerprint density at radius 1 is 0.692 bits per heavy atom. The van der Waals surface area contributed by atoms with Crippen LogP contribution in [0.2, 0.25) is 0 Å². The number of ether oxygens (including phenoxy) is 2. The summed E-state index contributed by atoms with van der Waals surface area (Å²) in [7, 11) is 0. The summed E-state index contributed by atoms with van der Waals surface area (Å²) in [5.74, 6) is -1.63. The predicted molar refractivity (Wildman–Crippen MR) is 201 cm³/mol. The van der Waals surface area contributed by atoms with Crippen molar-refractivity contribution < 1.29 is 43.1 Å². The highest BCUT2D eigenvalue weighted by molar-refractivity contribution is 7.80. The van der Waals surface area contributed by atoms with Gasteiger partial charge in [-0.25, -0.2) is 4.79 Å². The van der Waals surface area contributed by atoms with E-state index < -0.39 is 17.8 Å². The number of anilines is 1.